The van der Waals surface area contributed by atoms with Crippen molar-refractivity contribution >= 4 is 34.2 Å². The van der Waals surface area contributed by atoms with Gasteiger partial charge in [0.1, 0.15) is 17.2 Å². The van der Waals surface area contributed by atoms with Crippen LogP contribution in [0, 0.1) is 17.5 Å². The summed E-state index contributed by atoms with van der Waals surface area (Å²) < 4.78 is 42.7. The summed E-state index contributed by atoms with van der Waals surface area (Å²) in [6.45, 7) is 0. The van der Waals surface area contributed by atoms with E-state index in [9.17, 15) is 13.2 Å². The predicted octanol–water partition coefficient (Wildman–Crippen LogP) is 4.84. The van der Waals surface area contributed by atoms with Crippen LogP contribution >= 0.6 is 23.2 Å². The molecule has 0 fully saturated rings. The molecule has 1 aromatic heterocycles. The van der Waals surface area contributed by atoms with Crippen molar-refractivity contribution in [3.63, 3.8) is 0 Å². The molecule has 3 aromatic rings. The highest BCUT2D eigenvalue weighted by Gasteiger charge is 2.20. The van der Waals surface area contributed by atoms with Crippen molar-refractivity contribution in [1.29, 1.82) is 0 Å². The molecule has 0 radical (unpaired) electrons. The number of benzene rings is 2. The van der Waals surface area contributed by atoms with Gasteiger partial charge in [-0.1, -0.05) is 11.6 Å². The average Bonchev–Trinajstić information content (AvgIpc) is 2.84. The van der Waals surface area contributed by atoms with Crippen LogP contribution < -0.4 is 0 Å². The van der Waals surface area contributed by atoms with Crippen LogP contribution in [0.2, 0.25) is 5.02 Å². The molecule has 2 nitrogen and oxygen atoms in total. The van der Waals surface area contributed by atoms with Crippen LogP contribution in [0.15, 0.2) is 30.3 Å². The molecular formula is C14H7Cl2F3N2. The predicted molar refractivity (Wildman–Crippen MR) is 75.5 cm³/mol. The number of hydrogen-bond donors (Lipinski definition) is 0. The van der Waals surface area contributed by atoms with Gasteiger partial charge in [0, 0.05) is 5.02 Å². The van der Waals surface area contributed by atoms with Crippen LogP contribution in [0.5, 0.6) is 0 Å². The van der Waals surface area contributed by atoms with Crippen LogP contribution in [0.4, 0.5) is 13.2 Å². The molecule has 0 aliphatic rings. The van der Waals surface area contributed by atoms with E-state index in [2.05, 4.69) is 4.98 Å². The minimum Gasteiger partial charge on any atom is -0.289 e. The summed E-state index contributed by atoms with van der Waals surface area (Å²) in [5.74, 6) is -2.71. The lowest BCUT2D eigenvalue weighted by atomic mass is 10.2. The topological polar surface area (TPSA) is 17.8 Å². The highest BCUT2D eigenvalue weighted by atomic mass is 35.5. The largest absolute Gasteiger partial charge is 0.289 e. The molecule has 21 heavy (non-hydrogen) atoms. The SMILES string of the molecule is Fc1ccc(Cl)cc1-n1c(CCl)nc2ccc(F)c(F)c21. The fourth-order valence-electron chi connectivity index (χ4n) is 2.16. The maximum Gasteiger partial charge on any atom is 0.185 e. The van der Waals surface area contributed by atoms with Gasteiger partial charge >= 0.3 is 0 Å². The molecular weight excluding hydrogens is 324 g/mol. The number of hydrogen-bond acceptors (Lipinski definition) is 1. The minimum absolute atomic E-state index is 0.0369. The zero-order chi connectivity index (χ0) is 15.1. The van der Waals surface area contributed by atoms with Gasteiger partial charge in [0.2, 0.25) is 0 Å². The first kappa shape index (κ1) is 14.2. The van der Waals surface area contributed by atoms with Gasteiger partial charge in [-0.25, -0.2) is 18.2 Å². The zero-order valence-corrected chi connectivity index (χ0v) is 11.9. The molecule has 0 atom stereocenters. The molecule has 1 heterocycles. The second-order valence-corrected chi connectivity index (χ2v) is 5.03. The van der Waals surface area contributed by atoms with Gasteiger partial charge in [0.15, 0.2) is 11.6 Å². The second-order valence-electron chi connectivity index (χ2n) is 4.32. The van der Waals surface area contributed by atoms with E-state index in [-0.39, 0.29) is 33.4 Å². The number of alkyl halides is 1. The van der Waals surface area contributed by atoms with Crippen LogP contribution in [-0.4, -0.2) is 9.55 Å². The molecule has 0 bridgehead atoms. The molecule has 0 saturated carbocycles. The van der Waals surface area contributed by atoms with E-state index >= 15 is 0 Å². The van der Waals surface area contributed by atoms with Gasteiger partial charge in [0.25, 0.3) is 0 Å². The van der Waals surface area contributed by atoms with Gasteiger partial charge < -0.3 is 0 Å². The highest BCUT2D eigenvalue weighted by Crippen LogP contribution is 2.29. The summed E-state index contributed by atoms with van der Waals surface area (Å²) in [5.41, 5.74) is -0.0270. The first-order valence-electron chi connectivity index (χ1n) is 5.89. The molecule has 0 N–H and O–H groups in total. The van der Waals surface area contributed by atoms with Crippen molar-refractivity contribution < 1.29 is 13.2 Å². The van der Waals surface area contributed by atoms with E-state index in [1.54, 1.807) is 0 Å². The molecule has 0 spiro atoms. The van der Waals surface area contributed by atoms with Gasteiger partial charge in [0.05, 0.1) is 17.1 Å². The summed E-state index contributed by atoms with van der Waals surface area (Å²) in [4.78, 5) is 4.09. The Morgan fingerprint density at radius 1 is 1.05 bits per heavy atom. The van der Waals surface area contributed by atoms with Gasteiger partial charge in [-0.05, 0) is 30.3 Å². The summed E-state index contributed by atoms with van der Waals surface area (Å²) >= 11 is 11.6. The fourth-order valence-corrected chi connectivity index (χ4v) is 2.50. The Kier molecular flexibility index (Phi) is 3.55. The molecule has 0 saturated heterocycles. The summed E-state index contributed by atoms with van der Waals surface area (Å²) in [6.07, 6.45) is 0. The van der Waals surface area contributed by atoms with Crippen LogP contribution in [0.1, 0.15) is 5.82 Å². The third-order valence-electron chi connectivity index (χ3n) is 3.05. The highest BCUT2D eigenvalue weighted by molar-refractivity contribution is 6.30. The molecule has 108 valence electrons. The molecule has 0 amide bonds. The van der Waals surface area contributed by atoms with Crippen LogP contribution in [0.25, 0.3) is 16.7 Å². The normalized spacial score (nSPS) is 11.3. The quantitative estimate of drug-likeness (QED) is 0.615. The lowest BCUT2D eigenvalue weighted by Crippen LogP contribution is -2.04. The average molecular weight is 331 g/mol. The monoisotopic (exact) mass is 330 g/mol. The number of imidazole rings is 1. The Balaban J connectivity index is 2.45. The van der Waals surface area contributed by atoms with E-state index in [0.29, 0.717) is 0 Å². The number of aromatic nitrogens is 2. The van der Waals surface area contributed by atoms with Gasteiger partial charge in [-0.2, -0.15) is 0 Å². The van der Waals surface area contributed by atoms with Gasteiger partial charge in [-0.15, -0.1) is 11.6 Å². The lowest BCUT2D eigenvalue weighted by molar-refractivity contribution is 0.513. The Morgan fingerprint density at radius 3 is 2.48 bits per heavy atom. The number of rotatable bonds is 2. The summed E-state index contributed by atoms with van der Waals surface area (Å²) in [5, 5.41) is 0.255. The number of nitrogens with zero attached hydrogens (tertiary/aromatic N) is 2. The van der Waals surface area contributed by atoms with Crippen molar-refractivity contribution in [3.05, 3.63) is 58.6 Å². The maximum atomic E-state index is 14.1. The molecule has 0 aliphatic carbocycles. The number of halogens is 5. The van der Waals surface area contributed by atoms with E-state index in [1.807, 2.05) is 0 Å². The Hall–Kier alpha value is -1.72. The third-order valence-corrected chi connectivity index (χ3v) is 3.52. The van der Waals surface area contributed by atoms with Crippen molar-refractivity contribution in [1.82, 2.24) is 9.55 Å². The van der Waals surface area contributed by atoms with Crippen molar-refractivity contribution in [2.24, 2.45) is 0 Å². The molecule has 3 rings (SSSR count). The van der Waals surface area contributed by atoms with Crippen molar-refractivity contribution in [3.8, 4) is 5.69 Å². The summed E-state index contributed by atoms with van der Waals surface area (Å²) in [6, 6.07) is 6.07. The van der Waals surface area contributed by atoms with Crippen molar-refractivity contribution in [2.75, 3.05) is 0 Å². The fraction of sp³-hybridized carbons (Fsp3) is 0.0714. The zero-order valence-electron chi connectivity index (χ0n) is 10.4. The van der Waals surface area contributed by atoms with E-state index < -0.39 is 17.5 Å². The Labute approximate surface area is 127 Å². The van der Waals surface area contributed by atoms with E-state index in [1.165, 1.54) is 18.2 Å². The third kappa shape index (κ3) is 2.26. The first-order valence-corrected chi connectivity index (χ1v) is 6.81. The van der Waals surface area contributed by atoms with Gasteiger partial charge in [-0.3, -0.25) is 4.57 Å². The second kappa shape index (κ2) is 5.24. The first-order chi connectivity index (χ1) is 10.0. The Bertz CT molecular complexity index is 846. The molecule has 7 heteroatoms. The Morgan fingerprint density at radius 2 is 1.76 bits per heavy atom. The standard InChI is InChI=1S/C14H7Cl2F3N2/c15-6-12-20-10-4-3-9(18)13(19)14(10)21(12)11-5-7(16)1-2-8(11)17/h1-5H,6H2. The lowest BCUT2D eigenvalue weighted by Gasteiger charge is -2.10. The van der Waals surface area contributed by atoms with E-state index in [0.717, 1.165) is 16.7 Å². The van der Waals surface area contributed by atoms with Crippen LogP contribution in [-0.2, 0) is 5.88 Å². The summed E-state index contributed by atoms with van der Waals surface area (Å²) in [7, 11) is 0. The maximum absolute atomic E-state index is 14.1. The smallest absolute Gasteiger partial charge is 0.185 e. The molecule has 0 aliphatic heterocycles. The van der Waals surface area contributed by atoms with E-state index in [4.69, 9.17) is 23.2 Å². The minimum atomic E-state index is -1.12. The number of fused-ring (bicyclic) bond motifs is 1. The van der Waals surface area contributed by atoms with Crippen LogP contribution in [0.3, 0.4) is 0 Å². The van der Waals surface area contributed by atoms with Crippen molar-refractivity contribution in [2.45, 2.75) is 5.88 Å². The molecule has 0 unspecified atom stereocenters. The molecule has 2 aromatic carbocycles.